The second kappa shape index (κ2) is 15.8. The van der Waals surface area contributed by atoms with E-state index in [0.29, 0.717) is 96.8 Å². The molecule has 0 radical (unpaired) electrons. The molecule has 268 valence electrons. The summed E-state index contributed by atoms with van der Waals surface area (Å²) in [5, 5.41) is 9.83. The number of imidazole rings is 1. The van der Waals surface area contributed by atoms with E-state index in [-0.39, 0.29) is 28.7 Å². The largest absolute Gasteiger partial charge is 0.481 e. The molecule has 6 rings (SSSR count). The number of ether oxygens (including phenoxy) is 1. The number of carbonyl (C=O) groups is 3. The molecule has 3 N–H and O–H groups in total. The maximum absolute atomic E-state index is 13.6. The number of pyridine rings is 2. The summed E-state index contributed by atoms with van der Waals surface area (Å²) in [6.07, 6.45) is 4.04. The zero-order valence-corrected chi connectivity index (χ0v) is 30.6. The normalized spacial score (nSPS) is 15.5. The zero-order valence-electron chi connectivity index (χ0n) is 29.1. The van der Waals surface area contributed by atoms with Crippen LogP contribution in [0.15, 0.2) is 42.6 Å². The number of nitrogens with zero attached hydrogens (tertiary/aromatic N) is 6. The van der Waals surface area contributed by atoms with Crippen molar-refractivity contribution in [2.24, 2.45) is 7.05 Å². The lowest BCUT2D eigenvalue weighted by Gasteiger charge is -2.27. The highest BCUT2D eigenvalue weighted by Crippen LogP contribution is 2.40. The van der Waals surface area contributed by atoms with Gasteiger partial charge in [-0.25, -0.2) is 9.97 Å². The number of amides is 3. The van der Waals surface area contributed by atoms with Gasteiger partial charge in [0.25, 0.3) is 5.91 Å². The Balaban J connectivity index is 1.18. The summed E-state index contributed by atoms with van der Waals surface area (Å²) >= 11 is 13.9. The highest BCUT2D eigenvalue weighted by molar-refractivity contribution is 6.39. The monoisotopic (exact) mass is 733 g/mol. The molecule has 0 spiro atoms. The highest BCUT2D eigenvalue weighted by atomic mass is 35.5. The number of hydrogen-bond donors (Lipinski definition) is 3. The minimum absolute atomic E-state index is 0.0679. The van der Waals surface area contributed by atoms with E-state index in [2.05, 4.69) is 25.9 Å². The van der Waals surface area contributed by atoms with E-state index in [1.165, 1.54) is 0 Å². The Morgan fingerprint density at radius 2 is 1.90 bits per heavy atom. The van der Waals surface area contributed by atoms with Gasteiger partial charge in [0.15, 0.2) is 5.82 Å². The van der Waals surface area contributed by atoms with Gasteiger partial charge in [0, 0.05) is 87.1 Å². The van der Waals surface area contributed by atoms with Gasteiger partial charge in [-0.2, -0.15) is 0 Å². The third-order valence-corrected chi connectivity index (χ3v) is 9.96. The van der Waals surface area contributed by atoms with Gasteiger partial charge in [-0.3, -0.25) is 19.4 Å². The first kappa shape index (κ1) is 36.2. The number of anilines is 1. The van der Waals surface area contributed by atoms with Gasteiger partial charge in [0.1, 0.15) is 0 Å². The second-order valence-corrected chi connectivity index (χ2v) is 13.7. The van der Waals surface area contributed by atoms with Crippen LogP contribution in [0.4, 0.5) is 5.69 Å². The molecule has 0 bridgehead atoms. The summed E-state index contributed by atoms with van der Waals surface area (Å²) in [4.78, 5) is 55.5. The first-order valence-corrected chi connectivity index (χ1v) is 17.6. The third kappa shape index (κ3) is 8.01. The van der Waals surface area contributed by atoms with Crippen molar-refractivity contribution in [1.82, 2.24) is 40.0 Å². The van der Waals surface area contributed by atoms with Gasteiger partial charge in [0.2, 0.25) is 17.7 Å². The maximum atomic E-state index is 13.6. The molecule has 1 fully saturated rings. The maximum Gasteiger partial charge on any atom is 0.291 e. The lowest BCUT2D eigenvalue weighted by molar-refractivity contribution is -0.132. The topological polar surface area (TPSA) is 147 Å². The summed E-state index contributed by atoms with van der Waals surface area (Å²) in [5.74, 6) is 0.401. The Bertz CT molecular complexity index is 1960. The summed E-state index contributed by atoms with van der Waals surface area (Å²) in [5.41, 5.74) is 5.05. The fourth-order valence-corrected chi connectivity index (χ4v) is 6.96. The van der Waals surface area contributed by atoms with Crippen molar-refractivity contribution >= 4 is 46.6 Å². The van der Waals surface area contributed by atoms with Crippen molar-refractivity contribution in [3.63, 3.8) is 0 Å². The van der Waals surface area contributed by atoms with Crippen LogP contribution in [0.1, 0.15) is 46.8 Å². The second-order valence-electron chi connectivity index (χ2n) is 12.9. The van der Waals surface area contributed by atoms with Crippen molar-refractivity contribution in [2.75, 3.05) is 46.2 Å². The number of benzene rings is 1. The summed E-state index contributed by atoms with van der Waals surface area (Å²) in [6.45, 7) is 2.78. The first-order valence-electron chi connectivity index (χ1n) is 16.8. The van der Waals surface area contributed by atoms with E-state index in [1.54, 1.807) is 54.1 Å². The van der Waals surface area contributed by atoms with Crippen molar-refractivity contribution in [3.05, 3.63) is 75.4 Å². The molecular weight excluding hydrogens is 693 g/mol. The molecule has 3 amide bonds. The Kier molecular flexibility index (Phi) is 11.2. The predicted octanol–water partition coefficient (Wildman–Crippen LogP) is 4.32. The number of fused-ring (bicyclic) bond motifs is 1. The smallest absolute Gasteiger partial charge is 0.291 e. The van der Waals surface area contributed by atoms with E-state index < -0.39 is 5.91 Å². The molecule has 1 atom stereocenters. The standard InChI is InChI=1S/C36H41Cl2N9O4/c1-45(2)16-14-30(49)47-17-13-28-27(20-47)42-34(46(28)3)35(50)43-26-7-5-6-24(31(26)37)33-32(38)23(12-15-40-33)25-10-8-21(36(44-25)51-4)18-39-19-22-9-11-29(48)41-22/h5-8,10,12,15,22,39H,9,11,13-14,16-20H2,1-4H3,(H,41,48)(H,43,50). The van der Waals surface area contributed by atoms with Crippen LogP contribution < -0.4 is 20.7 Å². The van der Waals surface area contributed by atoms with E-state index >= 15 is 0 Å². The fraction of sp³-hybridized carbons (Fsp3) is 0.389. The summed E-state index contributed by atoms with van der Waals surface area (Å²) in [6, 6.07) is 10.9. The number of rotatable bonds is 12. The minimum atomic E-state index is -0.428. The average molecular weight is 735 g/mol. The number of methoxy groups -OCH3 is 1. The van der Waals surface area contributed by atoms with Crippen LogP contribution in [0, 0.1) is 0 Å². The molecule has 13 nitrogen and oxygen atoms in total. The lowest BCUT2D eigenvalue weighted by Crippen LogP contribution is -2.37. The minimum Gasteiger partial charge on any atom is -0.481 e. The predicted molar refractivity (Wildman–Crippen MR) is 196 cm³/mol. The van der Waals surface area contributed by atoms with Gasteiger partial charge in [0.05, 0.1) is 46.5 Å². The molecule has 1 saturated heterocycles. The van der Waals surface area contributed by atoms with Gasteiger partial charge < -0.3 is 35.1 Å². The van der Waals surface area contributed by atoms with Crippen LogP contribution >= 0.6 is 23.2 Å². The van der Waals surface area contributed by atoms with Crippen molar-refractivity contribution in [2.45, 2.75) is 44.8 Å². The van der Waals surface area contributed by atoms with Gasteiger partial charge in [-0.15, -0.1) is 0 Å². The number of hydrogen-bond acceptors (Lipinski definition) is 9. The first-order chi connectivity index (χ1) is 24.5. The number of carbonyl (C=O) groups excluding carboxylic acids is 3. The molecule has 2 aliphatic heterocycles. The van der Waals surface area contributed by atoms with Crippen LogP contribution in [0.2, 0.25) is 10.0 Å². The Morgan fingerprint density at radius 3 is 2.65 bits per heavy atom. The molecule has 51 heavy (non-hydrogen) atoms. The van der Waals surface area contributed by atoms with Crippen LogP contribution in [0.3, 0.4) is 0 Å². The molecular formula is C36H41Cl2N9O4. The van der Waals surface area contributed by atoms with E-state index in [9.17, 15) is 14.4 Å². The quantitative estimate of drug-likeness (QED) is 0.194. The van der Waals surface area contributed by atoms with E-state index in [1.807, 2.05) is 31.1 Å². The molecule has 4 aromatic rings. The van der Waals surface area contributed by atoms with Crippen LogP contribution in [-0.2, 0) is 36.1 Å². The molecule has 3 aromatic heterocycles. The Morgan fingerprint density at radius 1 is 1.08 bits per heavy atom. The molecule has 5 heterocycles. The van der Waals surface area contributed by atoms with Gasteiger partial charge >= 0.3 is 0 Å². The Labute approximate surface area is 306 Å². The van der Waals surface area contributed by atoms with Gasteiger partial charge in [-0.05, 0) is 38.7 Å². The van der Waals surface area contributed by atoms with Crippen molar-refractivity contribution < 1.29 is 19.1 Å². The lowest BCUT2D eigenvalue weighted by atomic mass is 10.1. The molecule has 1 aromatic carbocycles. The highest BCUT2D eigenvalue weighted by Gasteiger charge is 2.28. The Hall–Kier alpha value is -4.56. The molecule has 0 saturated carbocycles. The van der Waals surface area contributed by atoms with Crippen LogP contribution in [0.25, 0.3) is 22.5 Å². The SMILES string of the molecule is COc1nc(-c2ccnc(-c3cccc(NC(=O)c4nc5c(n4C)CCN(C(=O)CCN(C)C)C5)c3Cl)c2Cl)ccc1CNCC1CCC(=O)N1. The number of halogens is 2. The fourth-order valence-electron chi connectivity index (χ4n) is 6.38. The van der Waals surface area contributed by atoms with Crippen LogP contribution in [0.5, 0.6) is 5.88 Å². The van der Waals surface area contributed by atoms with E-state index in [4.69, 9.17) is 32.9 Å². The molecule has 1 unspecified atom stereocenters. The number of nitrogens with one attached hydrogen (secondary N) is 3. The van der Waals surface area contributed by atoms with Gasteiger partial charge in [-0.1, -0.05) is 41.4 Å². The summed E-state index contributed by atoms with van der Waals surface area (Å²) < 4.78 is 7.39. The van der Waals surface area contributed by atoms with E-state index in [0.717, 1.165) is 17.7 Å². The molecule has 2 aliphatic rings. The van der Waals surface area contributed by atoms with Crippen LogP contribution in [-0.4, -0.2) is 93.9 Å². The van der Waals surface area contributed by atoms with Crippen molar-refractivity contribution in [3.8, 4) is 28.4 Å². The third-order valence-electron chi connectivity index (χ3n) is 9.18. The molecule has 15 heteroatoms. The number of aromatic nitrogens is 4. The zero-order chi connectivity index (χ0) is 36.2. The van der Waals surface area contributed by atoms with Crippen molar-refractivity contribution in [1.29, 1.82) is 0 Å². The molecule has 0 aliphatic carbocycles. The summed E-state index contributed by atoms with van der Waals surface area (Å²) in [7, 11) is 7.25. The average Bonchev–Trinajstić information content (AvgIpc) is 3.69.